The lowest BCUT2D eigenvalue weighted by molar-refractivity contribution is -1.02. The average Bonchev–Trinajstić information content (AvgIpc) is 3.27. The quantitative estimate of drug-likeness (QED) is 0.605. The maximum atomic E-state index is 13.0. The van der Waals surface area contributed by atoms with Gasteiger partial charge in [-0.2, -0.15) is 11.3 Å². The second-order valence-corrected chi connectivity index (χ2v) is 8.40. The van der Waals surface area contributed by atoms with Crippen molar-refractivity contribution >= 4 is 23.3 Å². The molecular formula is C20H26N4O2S+2. The molecule has 0 saturated carbocycles. The number of nitrogens with zero attached hydrogens (tertiary/aromatic N) is 1. The molecule has 0 unspecified atom stereocenters. The van der Waals surface area contributed by atoms with Crippen molar-refractivity contribution in [2.75, 3.05) is 32.8 Å². The molecule has 142 valence electrons. The van der Waals surface area contributed by atoms with Crippen LogP contribution in [-0.2, 0) is 16.9 Å². The number of quaternary nitrogens is 2. The molecule has 3 N–H and O–H groups in total. The minimum atomic E-state index is -0.968. The number of hydrogen-bond donors (Lipinski definition) is 3. The number of piperazine rings is 1. The minimum absolute atomic E-state index is 0.153. The summed E-state index contributed by atoms with van der Waals surface area (Å²) in [5.41, 5.74) is 1.25. The monoisotopic (exact) mass is 386 g/mol. The normalized spacial score (nSPS) is 28.4. The fourth-order valence-corrected chi connectivity index (χ4v) is 4.67. The zero-order chi connectivity index (χ0) is 18.9. The van der Waals surface area contributed by atoms with E-state index in [-0.39, 0.29) is 11.9 Å². The lowest BCUT2D eigenvalue weighted by atomic mass is 9.92. The van der Waals surface area contributed by atoms with E-state index in [0.717, 1.165) is 38.3 Å². The Bertz CT molecular complexity index is 803. The predicted octanol–water partition coefficient (Wildman–Crippen LogP) is -0.544. The SMILES string of the molecule is C[C@@]1(c2ccccc2)NC(=O)N(C[NH+]2CC[NH+](Cc3ccsc3)CC2)C1=O. The molecule has 3 heterocycles. The van der Waals surface area contributed by atoms with Crippen LogP contribution in [0.5, 0.6) is 0 Å². The van der Waals surface area contributed by atoms with E-state index in [1.807, 2.05) is 30.3 Å². The molecule has 3 amide bonds. The number of benzene rings is 1. The Labute approximate surface area is 163 Å². The first-order valence-electron chi connectivity index (χ1n) is 9.44. The summed E-state index contributed by atoms with van der Waals surface area (Å²) >= 11 is 1.74. The number of carbonyl (C=O) groups excluding carboxylic acids is 2. The Morgan fingerprint density at radius 3 is 2.44 bits per heavy atom. The highest BCUT2D eigenvalue weighted by molar-refractivity contribution is 7.07. The number of thiophene rings is 1. The maximum Gasteiger partial charge on any atom is 0.329 e. The number of imide groups is 1. The van der Waals surface area contributed by atoms with Crippen molar-refractivity contribution in [1.29, 1.82) is 0 Å². The highest BCUT2D eigenvalue weighted by Crippen LogP contribution is 2.27. The molecule has 1 aromatic heterocycles. The zero-order valence-corrected chi connectivity index (χ0v) is 16.3. The van der Waals surface area contributed by atoms with Crippen LogP contribution in [0.1, 0.15) is 18.1 Å². The Kier molecular flexibility index (Phi) is 4.99. The molecule has 2 aliphatic heterocycles. The van der Waals surface area contributed by atoms with Gasteiger partial charge in [0.15, 0.2) is 6.67 Å². The molecule has 2 fully saturated rings. The number of nitrogens with one attached hydrogen (secondary N) is 3. The third-order valence-corrected chi connectivity index (χ3v) is 6.44. The van der Waals surface area contributed by atoms with Crippen LogP contribution in [0.25, 0.3) is 0 Å². The number of rotatable bonds is 5. The Morgan fingerprint density at radius 2 is 1.78 bits per heavy atom. The summed E-state index contributed by atoms with van der Waals surface area (Å²) in [7, 11) is 0. The van der Waals surface area contributed by atoms with Gasteiger partial charge in [0, 0.05) is 5.56 Å². The second-order valence-electron chi connectivity index (χ2n) is 7.62. The van der Waals surface area contributed by atoms with Gasteiger partial charge in [0.05, 0.1) is 0 Å². The van der Waals surface area contributed by atoms with E-state index in [4.69, 9.17) is 0 Å². The summed E-state index contributed by atoms with van der Waals surface area (Å²) in [6.45, 7) is 7.36. The smallest absolute Gasteiger partial charge is 0.322 e. The molecule has 2 aliphatic rings. The number of carbonyl (C=O) groups is 2. The average molecular weight is 387 g/mol. The largest absolute Gasteiger partial charge is 0.329 e. The van der Waals surface area contributed by atoms with Crippen LogP contribution in [0.4, 0.5) is 4.79 Å². The van der Waals surface area contributed by atoms with Crippen molar-refractivity contribution in [3.63, 3.8) is 0 Å². The van der Waals surface area contributed by atoms with Gasteiger partial charge in [-0.05, 0) is 29.3 Å². The zero-order valence-electron chi connectivity index (χ0n) is 15.5. The summed E-state index contributed by atoms with van der Waals surface area (Å²) in [4.78, 5) is 29.8. The van der Waals surface area contributed by atoms with Gasteiger partial charge in [-0.3, -0.25) is 4.79 Å². The molecule has 2 saturated heterocycles. The molecule has 0 radical (unpaired) electrons. The molecule has 1 aromatic carbocycles. The number of hydrogen-bond acceptors (Lipinski definition) is 3. The van der Waals surface area contributed by atoms with Gasteiger partial charge in [-0.15, -0.1) is 0 Å². The van der Waals surface area contributed by atoms with Gasteiger partial charge >= 0.3 is 6.03 Å². The van der Waals surface area contributed by atoms with E-state index in [9.17, 15) is 9.59 Å². The van der Waals surface area contributed by atoms with Gasteiger partial charge in [0.25, 0.3) is 5.91 Å². The van der Waals surface area contributed by atoms with Crippen molar-refractivity contribution in [3.05, 3.63) is 58.3 Å². The van der Waals surface area contributed by atoms with Crippen LogP contribution < -0.4 is 15.1 Å². The fraction of sp³-hybridized carbons (Fsp3) is 0.400. The summed E-state index contributed by atoms with van der Waals surface area (Å²) in [5.74, 6) is -0.153. The van der Waals surface area contributed by atoms with Crippen LogP contribution in [0.2, 0.25) is 0 Å². The molecule has 0 spiro atoms. The Hall–Kier alpha value is -2.22. The molecule has 0 aliphatic carbocycles. The van der Waals surface area contributed by atoms with Gasteiger partial charge in [0.2, 0.25) is 0 Å². The first kappa shape index (κ1) is 18.2. The molecule has 4 rings (SSSR count). The van der Waals surface area contributed by atoms with Crippen molar-refractivity contribution in [3.8, 4) is 0 Å². The molecule has 2 aromatic rings. The van der Waals surface area contributed by atoms with Crippen LogP contribution >= 0.6 is 11.3 Å². The van der Waals surface area contributed by atoms with Gasteiger partial charge in [-0.1, -0.05) is 30.3 Å². The molecule has 0 bridgehead atoms. The Morgan fingerprint density at radius 1 is 1.07 bits per heavy atom. The third-order valence-electron chi connectivity index (χ3n) is 5.71. The van der Waals surface area contributed by atoms with Crippen LogP contribution in [0.3, 0.4) is 0 Å². The molecule has 6 nitrogen and oxygen atoms in total. The Balaban J connectivity index is 1.36. The second kappa shape index (κ2) is 7.42. The minimum Gasteiger partial charge on any atom is -0.322 e. The standard InChI is InChI=1S/C20H24N4O2S/c1-20(17-5-3-2-4-6-17)18(25)24(19(26)21-20)15-23-10-8-22(9-11-23)13-16-7-12-27-14-16/h2-7,12,14H,8-11,13,15H2,1H3,(H,21,26)/p+2/t20-/m0/s1. The lowest BCUT2D eigenvalue weighted by Crippen LogP contribution is -3.28. The first-order chi connectivity index (χ1) is 13.1. The molecule has 1 atom stereocenters. The molecular weight excluding hydrogens is 360 g/mol. The topological polar surface area (TPSA) is 58.3 Å². The third kappa shape index (κ3) is 3.63. The van der Waals surface area contributed by atoms with Crippen LogP contribution in [-0.4, -0.2) is 49.7 Å². The van der Waals surface area contributed by atoms with E-state index < -0.39 is 5.54 Å². The summed E-state index contributed by atoms with van der Waals surface area (Å²) in [6.07, 6.45) is 0. The molecule has 27 heavy (non-hydrogen) atoms. The van der Waals surface area contributed by atoms with E-state index in [1.54, 1.807) is 23.2 Å². The van der Waals surface area contributed by atoms with E-state index in [1.165, 1.54) is 15.4 Å². The van der Waals surface area contributed by atoms with E-state index in [0.29, 0.717) is 6.67 Å². The first-order valence-corrected chi connectivity index (χ1v) is 10.4. The number of amides is 3. The van der Waals surface area contributed by atoms with Crippen molar-refractivity contribution < 1.29 is 19.4 Å². The highest BCUT2D eigenvalue weighted by Gasteiger charge is 2.50. The van der Waals surface area contributed by atoms with Crippen LogP contribution in [0, 0.1) is 0 Å². The summed E-state index contributed by atoms with van der Waals surface area (Å²) in [6, 6.07) is 11.4. The van der Waals surface area contributed by atoms with Gasteiger partial charge < -0.3 is 15.1 Å². The van der Waals surface area contributed by atoms with E-state index in [2.05, 4.69) is 22.1 Å². The fourth-order valence-electron chi connectivity index (χ4n) is 4.01. The maximum absolute atomic E-state index is 13.0. The summed E-state index contributed by atoms with van der Waals surface area (Å²) in [5, 5.41) is 7.23. The van der Waals surface area contributed by atoms with Crippen molar-refractivity contribution in [1.82, 2.24) is 10.2 Å². The van der Waals surface area contributed by atoms with Crippen LogP contribution in [0.15, 0.2) is 47.2 Å². The van der Waals surface area contributed by atoms with Crippen molar-refractivity contribution in [2.24, 2.45) is 0 Å². The summed E-state index contributed by atoms with van der Waals surface area (Å²) < 4.78 is 0. The molecule has 7 heteroatoms. The highest BCUT2D eigenvalue weighted by atomic mass is 32.1. The lowest BCUT2D eigenvalue weighted by Gasteiger charge is -2.31. The number of urea groups is 1. The predicted molar refractivity (Wildman–Crippen MR) is 103 cm³/mol. The van der Waals surface area contributed by atoms with E-state index >= 15 is 0 Å². The van der Waals surface area contributed by atoms with Gasteiger partial charge in [0.1, 0.15) is 38.3 Å². The van der Waals surface area contributed by atoms with Gasteiger partial charge in [-0.25, -0.2) is 9.69 Å². The van der Waals surface area contributed by atoms with Crippen molar-refractivity contribution in [2.45, 2.75) is 19.0 Å².